The lowest BCUT2D eigenvalue weighted by Crippen LogP contribution is -2.60. The van der Waals surface area contributed by atoms with E-state index in [-0.39, 0.29) is 17.5 Å². The topological polar surface area (TPSA) is 23.6 Å². The average Bonchev–Trinajstić information content (AvgIpc) is 1.98. The molecular weight excluding hydrogens is 164 g/mol. The molecule has 1 aliphatic rings. The molecule has 0 N–H and O–H groups in total. The van der Waals surface area contributed by atoms with Gasteiger partial charge in [0.05, 0.1) is 6.04 Å². The van der Waals surface area contributed by atoms with Crippen LogP contribution in [0.2, 0.25) is 0 Å². The molecular formula is C10H20N2O. The third-order valence-corrected chi connectivity index (χ3v) is 2.74. The van der Waals surface area contributed by atoms with Crippen LogP contribution >= 0.6 is 0 Å². The molecule has 1 heterocycles. The van der Waals surface area contributed by atoms with E-state index in [2.05, 4.69) is 25.7 Å². The fraction of sp³-hybridized carbons (Fsp3) is 0.900. The molecule has 1 atom stereocenters. The maximum atomic E-state index is 11.7. The SMILES string of the molecule is C[C@@H]1C(=O)N(C)CCN1C(C)(C)C. The van der Waals surface area contributed by atoms with Crippen LogP contribution in [0.15, 0.2) is 0 Å². The maximum absolute atomic E-state index is 11.7. The first kappa shape index (κ1) is 10.5. The summed E-state index contributed by atoms with van der Waals surface area (Å²) < 4.78 is 0. The molecule has 0 aliphatic carbocycles. The summed E-state index contributed by atoms with van der Waals surface area (Å²) in [6, 6.07) is 0.0266. The molecule has 1 amide bonds. The zero-order chi connectivity index (χ0) is 10.2. The monoisotopic (exact) mass is 184 g/mol. The van der Waals surface area contributed by atoms with Gasteiger partial charge in [-0.15, -0.1) is 0 Å². The van der Waals surface area contributed by atoms with Crippen LogP contribution in [0.1, 0.15) is 27.7 Å². The van der Waals surface area contributed by atoms with Gasteiger partial charge in [-0.3, -0.25) is 9.69 Å². The van der Waals surface area contributed by atoms with E-state index >= 15 is 0 Å². The van der Waals surface area contributed by atoms with Crippen LogP contribution in [0.3, 0.4) is 0 Å². The van der Waals surface area contributed by atoms with Crippen molar-refractivity contribution in [2.45, 2.75) is 39.3 Å². The average molecular weight is 184 g/mol. The molecule has 1 rings (SSSR count). The third kappa shape index (κ3) is 2.02. The number of amides is 1. The molecule has 0 saturated carbocycles. The molecule has 3 nitrogen and oxygen atoms in total. The number of hydrogen-bond donors (Lipinski definition) is 0. The van der Waals surface area contributed by atoms with E-state index in [1.807, 2.05) is 18.9 Å². The van der Waals surface area contributed by atoms with Gasteiger partial charge in [0, 0.05) is 25.7 Å². The first-order valence-corrected chi connectivity index (χ1v) is 4.86. The fourth-order valence-corrected chi connectivity index (χ4v) is 1.93. The molecule has 0 spiro atoms. The molecule has 1 fully saturated rings. The molecule has 76 valence electrons. The normalized spacial score (nSPS) is 26.7. The summed E-state index contributed by atoms with van der Waals surface area (Å²) in [5.41, 5.74) is 0.0936. The first-order chi connectivity index (χ1) is 5.84. The lowest BCUT2D eigenvalue weighted by atomic mass is 10.0. The zero-order valence-corrected chi connectivity index (χ0v) is 9.29. The number of nitrogens with zero attached hydrogens (tertiary/aromatic N) is 2. The Bertz CT molecular complexity index is 207. The van der Waals surface area contributed by atoms with Crippen LogP contribution in [0.25, 0.3) is 0 Å². The van der Waals surface area contributed by atoms with Crippen molar-refractivity contribution in [3.8, 4) is 0 Å². The highest BCUT2D eigenvalue weighted by atomic mass is 16.2. The minimum absolute atomic E-state index is 0.0266. The Morgan fingerprint density at radius 1 is 1.31 bits per heavy atom. The van der Waals surface area contributed by atoms with Gasteiger partial charge in [-0.1, -0.05) is 0 Å². The molecule has 0 aromatic heterocycles. The van der Waals surface area contributed by atoms with E-state index in [4.69, 9.17) is 0 Å². The van der Waals surface area contributed by atoms with Crippen molar-refractivity contribution in [1.82, 2.24) is 9.80 Å². The zero-order valence-electron chi connectivity index (χ0n) is 9.29. The number of piperazine rings is 1. The largest absolute Gasteiger partial charge is 0.343 e. The van der Waals surface area contributed by atoms with Crippen molar-refractivity contribution in [3.63, 3.8) is 0 Å². The highest BCUT2D eigenvalue weighted by Crippen LogP contribution is 2.20. The van der Waals surface area contributed by atoms with E-state index in [0.29, 0.717) is 0 Å². The first-order valence-electron chi connectivity index (χ1n) is 4.86. The summed E-state index contributed by atoms with van der Waals surface area (Å²) in [6.45, 7) is 10.3. The highest BCUT2D eigenvalue weighted by Gasteiger charge is 2.35. The van der Waals surface area contributed by atoms with Crippen LogP contribution in [0, 0.1) is 0 Å². The van der Waals surface area contributed by atoms with Crippen LogP contribution in [0.5, 0.6) is 0 Å². The van der Waals surface area contributed by atoms with E-state index in [0.717, 1.165) is 13.1 Å². The van der Waals surface area contributed by atoms with Crippen LogP contribution < -0.4 is 0 Å². The number of carbonyl (C=O) groups excluding carboxylic acids is 1. The van der Waals surface area contributed by atoms with E-state index in [1.54, 1.807) is 0 Å². The molecule has 0 unspecified atom stereocenters. The van der Waals surface area contributed by atoms with Crippen molar-refractivity contribution in [1.29, 1.82) is 0 Å². The van der Waals surface area contributed by atoms with Crippen molar-refractivity contribution >= 4 is 5.91 Å². The second-order valence-corrected chi connectivity index (χ2v) is 4.80. The standard InChI is InChI=1S/C10H20N2O/c1-8-9(13)11(5)6-7-12(8)10(2,3)4/h8H,6-7H2,1-5H3/t8-/m1/s1. The second-order valence-electron chi connectivity index (χ2n) is 4.80. The molecule has 0 bridgehead atoms. The number of carbonyl (C=O) groups is 1. The van der Waals surface area contributed by atoms with Gasteiger partial charge in [0.15, 0.2) is 0 Å². The lowest BCUT2D eigenvalue weighted by molar-refractivity contribution is -0.142. The minimum Gasteiger partial charge on any atom is -0.343 e. The van der Waals surface area contributed by atoms with Crippen molar-refractivity contribution < 1.29 is 4.79 Å². The summed E-state index contributed by atoms with van der Waals surface area (Å²) in [4.78, 5) is 15.7. The number of hydrogen-bond acceptors (Lipinski definition) is 2. The fourth-order valence-electron chi connectivity index (χ4n) is 1.93. The van der Waals surface area contributed by atoms with Gasteiger partial charge >= 0.3 is 0 Å². The van der Waals surface area contributed by atoms with Crippen molar-refractivity contribution in [2.24, 2.45) is 0 Å². The number of likely N-dealkylation sites (N-methyl/N-ethyl adjacent to an activating group) is 1. The van der Waals surface area contributed by atoms with Crippen molar-refractivity contribution in [2.75, 3.05) is 20.1 Å². The summed E-state index contributed by atoms with van der Waals surface area (Å²) in [5.74, 6) is 0.237. The predicted octanol–water partition coefficient (Wildman–Crippen LogP) is 0.947. The van der Waals surface area contributed by atoms with Crippen LogP contribution in [-0.2, 0) is 4.79 Å². The van der Waals surface area contributed by atoms with E-state index in [1.165, 1.54) is 0 Å². The van der Waals surface area contributed by atoms with Gasteiger partial charge in [-0.05, 0) is 27.7 Å². The Balaban J connectivity index is 2.76. The van der Waals surface area contributed by atoms with Crippen LogP contribution in [-0.4, -0.2) is 47.4 Å². The summed E-state index contributed by atoms with van der Waals surface area (Å²) in [5, 5.41) is 0. The van der Waals surface area contributed by atoms with E-state index < -0.39 is 0 Å². The Morgan fingerprint density at radius 3 is 2.31 bits per heavy atom. The van der Waals surface area contributed by atoms with Crippen molar-refractivity contribution in [3.05, 3.63) is 0 Å². The summed E-state index contributed by atoms with van der Waals surface area (Å²) >= 11 is 0. The van der Waals surface area contributed by atoms with E-state index in [9.17, 15) is 4.79 Å². The van der Waals surface area contributed by atoms with Gasteiger partial charge in [0.2, 0.25) is 5.91 Å². The molecule has 1 saturated heterocycles. The highest BCUT2D eigenvalue weighted by molar-refractivity contribution is 5.82. The quantitative estimate of drug-likeness (QED) is 0.559. The summed E-state index contributed by atoms with van der Waals surface area (Å²) in [7, 11) is 1.87. The Kier molecular flexibility index (Phi) is 2.66. The molecule has 0 aromatic carbocycles. The van der Waals surface area contributed by atoms with Gasteiger partial charge < -0.3 is 4.90 Å². The van der Waals surface area contributed by atoms with Crippen LogP contribution in [0.4, 0.5) is 0 Å². The Hall–Kier alpha value is -0.570. The third-order valence-electron chi connectivity index (χ3n) is 2.74. The van der Waals surface area contributed by atoms with Gasteiger partial charge in [0.25, 0.3) is 0 Å². The second kappa shape index (κ2) is 3.29. The molecule has 0 radical (unpaired) electrons. The Morgan fingerprint density at radius 2 is 1.85 bits per heavy atom. The molecule has 3 heteroatoms. The van der Waals surface area contributed by atoms with Gasteiger partial charge in [-0.2, -0.15) is 0 Å². The number of rotatable bonds is 0. The predicted molar refractivity (Wildman–Crippen MR) is 53.6 cm³/mol. The lowest BCUT2D eigenvalue weighted by Gasteiger charge is -2.45. The minimum atomic E-state index is 0.0266. The molecule has 0 aromatic rings. The Labute approximate surface area is 80.7 Å². The smallest absolute Gasteiger partial charge is 0.239 e. The molecule has 1 aliphatic heterocycles. The summed E-state index contributed by atoms with van der Waals surface area (Å²) in [6.07, 6.45) is 0. The van der Waals surface area contributed by atoms with Gasteiger partial charge in [-0.25, -0.2) is 0 Å². The molecule has 13 heavy (non-hydrogen) atoms. The maximum Gasteiger partial charge on any atom is 0.239 e. The van der Waals surface area contributed by atoms with Gasteiger partial charge in [0.1, 0.15) is 0 Å².